The van der Waals surface area contributed by atoms with Crippen molar-refractivity contribution in [1.82, 2.24) is 0 Å². The standard InChI is InChI=1S/C11H15F/c1-9-6-4-5-7-10(9)8-11(2,3)12/h4-7H,8H2,1-3H3. The molecule has 0 fully saturated rings. The molecule has 0 nitrogen and oxygen atoms in total. The summed E-state index contributed by atoms with van der Waals surface area (Å²) in [6.07, 6.45) is 0.500. The number of rotatable bonds is 2. The summed E-state index contributed by atoms with van der Waals surface area (Å²) >= 11 is 0. The molecule has 0 atom stereocenters. The monoisotopic (exact) mass is 166 g/mol. The molecule has 0 aliphatic rings. The molecule has 0 amide bonds. The molecule has 0 unspecified atom stereocenters. The maximum Gasteiger partial charge on any atom is 0.109 e. The second kappa shape index (κ2) is 3.26. The van der Waals surface area contributed by atoms with Crippen LogP contribution in [0.15, 0.2) is 24.3 Å². The van der Waals surface area contributed by atoms with Gasteiger partial charge in [0.25, 0.3) is 0 Å². The Morgan fingerprint density at radius 1 is 1.25 bits per heavy atom. The molecule has 0 aromatic heterocycles. The van der Waals surface area contributed by atoms with Gasteiger partial charge in [-0.05, 0) is 31.9 Å². The van der Waals surface area contributed by atoms with Crippen LogP contribution in [0, 0.1) is 6.92 Å². The third-order valence-electron chi connectivity index (χ3n) is 1.87. The molecule has 0 heterocycles. The summed E-state index contributed by atoms with van der Waals surface area (Å²) in [4.78, 5) is 0. The van der Waals surface area contributed by atoms with Crippen molar-refractivity contribution in [2.24, 2.45) is 0 Å². The fourth-order valence-electron chi connectivity index (χ4n) is 1.26. The summed E-state index contributed by atoms with van der Waals surface area (Å²) in [5.41, 5.74) is 1.17. The van der Waals surface area contributed by atoms with E-state index >= 15 is 0 Å². The molecule has 0 saturated heterocycles. The van der Waals surface area contributed by atoms with E-state index < -0.39 is 5.67 Å². The zero-order valence-corrected chi connectivity index (χ0v) is 7.89. The quantitative estimate of drug-likeness (QED) is 0.632. The van der Waals surface area contributed by atoms with Crippen molar-refractivity contribution in [2.75, 3.05) is 0 Å². The molecule has 1 rings (SSSR count). The number of benzene rings is 1. The van der Waals surface area contributed by atoms with Gasteiger partial charge in [0.15, 0.2) is 0 Å². The van der Waals surface area contributed by atoms with Gasteiger partial charge < -0.3 is 0 Å². The van der Waals surface area contributed by atoms with Crippen LogP contribution >= 0.6 is 0 Å². The lowest BCUT2D eigenvalue weighted by atomic mass is 9.97. The Hall–Kier alpha value is -0.850. The van der Waals surface area contributed by atoms with Crippen LogP contribution in [0.5, 0.6) is 0 Å². The fourth-order valence-corrected chi connectivity index (χ4v) is 1.26. The average molecular weight is 166 g/mol. The van der Waals surface area contributed by atoms with E-state index in [9.17, 15) is 4.39 Å². The predicted molar refractivity (Wildman–Crippen MR) is 50.1 cm³/mol. The predicted octanol–water partition coefficient (Wildman–Crippen LogP) is 3.29. The fraction of sp³-hybridized carbons (Fsp3) is 0.455. The Morgan fingerprint density at radius 3 is 2.33 bits per heavy atom. The minimum absolute atomic E-state index is 0.500. The highest BCUT2D eigenvalue weighted by Crippen LogP contribution is 2.18. The molecule has 0 radical (unpaired) electrons. The van der Waals surface area contributed by atoms with Gasteiger partial charge in [0.1, 0.15) is 5.67 Å². The van der Waals surface area contributed by atoms with Gasteiger partial charge in [-0.15, -0.1) is 0 Å². The van der Waals surface area contributed by atoms with E-state index in [1.54, 1.807) is 13.8 Å². The minimum Gasteiger partial charge on any atom is -0.244 e. The molecule has 1 heteroatoms. The van der Waals surface area contributed by atoms with Crippen LogP contribution in [0.25, 0.3) is 0 Å². The van der Waals surface area contributed by atoms with E-state index in [4.69, 9.17) is 0 Å². The van der Waals surface area contributed by atoms with Crippen LogP contribution in [-0.2, 0) is 6.42 Å². The van der Waals surface area contributed by atoms with Gasteiger partial charge >= 0.3 is 0 Å². The Bertz CT molecular complexity index is 258. The number of alkyl halides is 1. The van der Waals surface area contributed by atoms with Gasteiger partial charge in [-0.1, -0.05) is 24.3 Å². The molecule has 12 heavy (non-hydrogen) atoms. The van der Waals surface area contributed by atoms with E-state index in [1.807, 2.05) is 31.2 Å². The number of aryl methyl sites for hydroxylation is 1. The van der Waals surface area contributed by atoms with Crippen molar-refractivity contribution in [3.8, 4) is 0 Å². The van der Waals surface area contributed by atoms with Crippen molar-refractivity contribution >= 4 is 0 Å². The van der Waals surface area contributed by atoms with Crippen LogP contribution in [0.4, 0.5) is 4.39 Å². The molecular weight excluding hydrogens is 151 g/mol. The second-order valence-corrected chi connectivity index (χ2v) is 3.82. The number of hydrogen-bond acceptors (Lipinski definition) is 0. The molecule has 0 aliphatic heterocycles. The lowest BCUT2D eigenvalue weighted by Crippen LogP contribution is -2.16. The number of hydrogen-bond donors (Lipinski definition) is 0. The van der Waals surface area contributed by atoms with Gasteiger partial charge in [-0.2, -0.15) is 0 Å². The molecule has 0 spiro atoms. The maximum atomic E-state index is 13.3. The highest BCUT2D eigenvalue weighted by atomic mass is 19.1. The van der Waals surface area contributed by atoms with Crippen molar-refractivity contribution in [3.05, 3.63) is 35.4 Å². The summed E-state index contributed by atoms with van der Waals surface area (Å²) in [5.74, 6) is 0. The minimum atomic E-state index is -1.11. The van der Waals surface area contributed by atoms with E-state index in [-0.39, 0.29) is 0 Å². The van der Waals surface area contributed by atoms with Gasteiger partial charge in [0.2, 0.25) is 0 Å². The van der Waals surface area contributed by atoms with Crippen LogP contribution < -0.4 is 0 Å². The van der Waals surface area contributed by atoms with Crippen molar-refractivity contribution < 1.29 is 4.39 Å². The molecule has 0 aliphatic carbocycles. The lowest BCUT2D eigenvalue weighted by Gasteiger charge is -2.15. The van der Waals surface area contributed by atoms with Gasteiger partial charge in [-0.25, -0.2) is 4.39 Å². The van der Waals surface area contributed by atoms with Crippen LogP contribution in [-0.4, -0.2) is 5.67 Å². The second-order valence-electron chi connectivity index (χ2n) is 3.82. The Kier molecular flexibility index (Phi) is 2.51. The Balaban J connectivity index is 2.83. The topological polar surface area (TPSA) is 0 Å². The first-order valence-corrected chi connectivity index (χ1v) is 4.22. The first-order chi connectivity index (χ1) is 5.49. The summed E-state index contributed by atoms with van der Waals surface area (Å²) in [7, 11) is 0. The molecular formula is C11H15F. The molecule has 0 bridgehead atoms. The summed E-state index contributed by atoms with van der Waals surface area (Å²) in [5, 5.41) is 0. The highest BCUT2D eigenvalue weighted by Gasteiger charge is 2.16. The van der Waals surface area contributed by atoms with E-state index in [1.165, 1.54) is 5.56 Å². The summed E-state index contributed by atoms with van der Waals surface area (Å²) < 4.78 is 13.3. The smallest absolute Gasteiger partial charge is 0.109 e. The van der Waals surface area contributed by atoms with Gasteiger partial charge in [0, 0.05) is 6.42 Å². The molecule has 1 aromatic carbocycles. The summed E-state index contributed by atoms with van der Waals surface area (Å²) in [6, 6.07) is 7.93. The third-order valence-corrected chi connectivity index (χ3v) is 1.87. The van der Waals surface area contributed by atoms with Crippen LogP contribution in [0.1, 0.15) is 25.0 Å². The van der Waals surface area contributed by atoms with E-state index in [2.05, 4.69) is 0 Å². The van der Waals surface area contributed by atoms with Gasteiger partial charge in [0.05, 0.1) is 0 Å². The molecule has 1 aromatic rings. The SMILES string of the molecule is Cc1ccccc1CC(C)(C)F. The van der Waals surface area contributed by atoms with Crippen molar-refractivity contribution in [3.63, 3.8) is 0 Å². The highest BCUT2D eigenvalue weighted by molar-refractivity contribution is 5.26. The molecule has 66 valence electrons. The maximum absolute atomic E-state index is 13.3. The molecule has 0 N–H and O–H groups in total. The first-order valence-electron chi connectivity index (χ1n) is 4.22. The zero-order chi connectivity index (χ0) is 9.19. The lowest BCUT2D eigenvalue weighted by molar-refractivity contribution is 0.217. The zero-order valence-electron chi connectivity index (χ0n) is 7.89. The Morgan fingerprint density at radius 2 is 1.83 bits per heavy atom. The normalized spacial score (nSPS) is 11.7. The number of halogens is 1. The first kappa shape index (κ1) is 9.24. The summed E-state index contributed by atoms with van der Waals surface area (Å²) in [6.45, 7) is 5.24. The van der Waals surface area contributed by atoms with Crippen LogP contribution in [0.3, 0.4) is 0 Å². The Labute approximate surface area is 73.4 Å². The van der Waals surface area contributed by atoms with E-state index in [0.29, 0.717) is 6.42 Å². The van der Waals surface area contributed by atoms with Gasteiger partial charge in [-0.3, -0.25) is 0 Å². The molecule has 0 saturated carbocycles. The largest absolute Gasteiger partial charge is 0.244 e. The van der Waals surface area contributed by atoms with Crippen molar-refractivity contribution in [1.29, 1.82) is 0 Å². The third kappa shape index (κ3) is 2.65. The average Bonchev–Trinajstić information content (AvgIpc) is 1.91. The van der Waals surface area contributed by atoms with Crippen molar-refractivity contribution in [2.45, 2.75) is 32.9 Å². The van der Waals surface area contributed by atoms with E-state index in [0.717, 1.165) is 5.56 Å². The van der Waals surface area contributed by atoms with Crippen LogP contribution in [0.2, 0.25) is 0 Å².